The molecule has 0 radical (unpaired) electrons. The van der Waals surface area contributed by atoms with Crippen LogP contribution in [0.4, 0.5) is 0 Å². The van der Waals surface area contributed by atoms with E-state index >= 15 is 0 Å². The third-order valence-corrected chi connectivity index (χ3v) is 2.55. The molecule has 0 unspecified atom stereocenters. The molecule has 0 aliphatic carbocycles. The number of amides is 1. The average molecular weight is 265 g/mol. The van der Waals surface area contributed by atoms with Crippen molar-refractivity contribution in [3.8, 4) is 5.75 Å². The third-order valence-electron chi connectivity index (χ3n) is 2.55. The highest BCUT2D eigenvalue weighted by atomic mass is 16.5. The van der Waals surface area contributed by atoms with Gasteiger partial charge in [-0.3, -0.25) is 9.59 Å². The second kappa shape index (κ2) is 8.13. The van der Waals surface area contributed by atoms with E-state index in [-0.39, 0.29) is 12.5 Å². The minimum Gasteiger partial charge on any atom is -0.494 e. The fourth-order valence-electron chi connectivity index (χ4n) is 1.59. The number of carbonyl (C=O) groups is 2. The molecule has 1 rings (SSSR count). The van der Waals surface area contributed by atoms with E-state index in [9.17, 15) is 9.59 Å². The minimum absolute atomic E-state index is 0.0948. The monoisotopic (exact) mass is 265 g/mol. The highest BCUT2D eigenvalue weighted by Gasteiger charge is 2.08. The summed E-state index contributed by atoms with van der Waals surface area (Å²) in [6.45, 7) is 2.41. The fourth-order valence-corrected chi connectivity index (χ4v) is 1.59. The molecule has 1 amide bonds. The van der Waals surface area contributed by atoms with Crippen molar-refractivity contribution in [3.05, 3.63) is 29.8 Å². The van der Waals surface area contributed by atoms with Gasteiger partial charge in [0.2, 0.25) is 5.91 Å². The van der Waals surface area contributed by atoms with Gasteiger partial charge >= 0.3 is 5.97 Å². The summed E-state index contributed by atoms with van der Waals surface area (Å²) in [7, 11) is 1.28. The van der Waals surface area contributed by atoms with Gasteiger partial charge < -0.3 is 14.8 Å². The Balaban J connectivity index is 2.43. The van der Waals surface area contributed by atoms with Crippen molar-refractivity contribution in [2.45, 2.75) is 19.8 Å². The molecule has 19 heavy (non-hydrogen) atoms. The van der Waals surface area contributed by atoms with E-state index in [1.165, 1.54) is 7.11 Å². The van der Waals surface area contributed by atoms with Crippen molar-refractivity contribution in [3.63, 3.8) is 0 Å². The zero-order valence-corrected chi connectivity index (χ0v) is 11.3. The lowest BCUT2D eigenvalue weighted by Crippen LogP contribution is -2.30. The molecule has 0 fully saturated rings. The lowest BCUT2D eigenvalue weighted by Gasteiger charge is -2.09. The quantitative estimate of drug-likeness (QED) is 0.755. The van der Waals surface area contributed by atoms with Crippen LogP contribution in [0.15, 0.2) is 24.3 Å². The molecule has 0 atom stereocenters. The van der Waals surface area contributed by atoms with Crippen LogP contribution in [0, 0.1) is 0 Å². The molecule has 0 spiro atoms. The molecule has 0 saturated heterocycles. The molecule has 1 aromatic rings. The van der Waals surface area contributed by atoms with E-state index in [1.54, 1.807) is 0 Å². The largest absolute Gasteiger partial charge is 0.494 e. The van der Waals surface area contributed by atoms with Gasteiger partial charge in [-0.2, -0.15) is 0 Å². The summed E-state index contributed by atoms with van der Waals surface area (Å²) < 4.78 is 9.92. The summed E-state index contributed by atoms with van der Waals surface area (Å²) in [5, 5.41) is 2.50. The molecule has 0 aliphatic heterocycles. The zero-order chi connectivity index (χ0) is 14.1. The first-order chi connectivity index (χ1) is 9.17. The van der Waals surface area contributed by atoms with E-state index in [1.807, 2.05) is 31.2 Å². The van der Waals surface area contributed by atoms with Gasteiger partial charge in [0.05, 0.1) is 13.7 Å². The SMILES string of the molecule is CCOc1ccccc1CCC(=O)NCC(=O)OC. The zero-order valence-electron chi connectivity index (χ0n) is 11.3. The van der Waals surface area contributed by atoms with Gasteiger partial charge in [-0.1, -0.05) is 18.2 Å². The number of ether oxygens (including phenoxy) is 2. The van der Waals surface area contributed by atoms with Crippen molar-refractivity contribution in [1.82, 2.24) is 5.32 Å². The number of methoxy groups -OCH3 is 1. The molecule has 104 valence electrons. The van der Waals surface area contributed by atoms with Crippen LogP contribution in [-0.4, -0.2) is 32.1 Å². The predicted molar refractivity (Wildman–Crippen MR) is 71.0 cm³/mol. The molecule has 0 aromatic heterocycles. The Bertz CT molecular complexity index is 431. The standard InChI is InChI=1S/C14H19NO4/c1-3-19-12-7-5-4-6-11(12)8-9-13(16)15-10-14(17)18-2/h4-7H,3,8-10H2,1-2H3,(H,15,16). The highest BCUT2D eigenvalue weighted by Crippen LogP contribution is 2.19. The molecule has 0 aliphatic rings. The Morgan fingerprint density at radius 3 is 2.68 bits per heavy atom. The molecular weight excluding hydrogens is 246 g/mol. The van der Waals surface area contributed by atoms with Gasteiger partial charge in [-0.05, 0) is 25.0 Å². The van der Waals surface area contributed by atoms with Crippen LogP contribution >= 0.6 is 0 Å². The molecule has 1 N–H and O–H groups in total. The van der Waals surface area contributed by atoms with Gasteiger partial charge in [0.15, 0.2) is 0 Å². The molecule has 0 bridgehead atoms. The number of hydrogen-bond donors (Lipinski definition) is 1. The Labute approximate surface area is 112 Å². The number of benzene rings is 1. The summed E-state index contributed by atoms with van der Waals surface area (Å²) in [6.07, 6.45) is 0.879. The van der Waals surface area contributed by atoms with Crippen LogP contribution in [0.5, 0.6) is 5.75 Å². The van der Waals surface area contributed by atoms with Crippen LogP contribution in [0.2, 0.25) is 0 Å². The number of esters is 1. The van der Waals surface area contributed by atoms with Crippen LogP contribution in [0.3, 0.4) is 0 Å². The number of aryl methyl sites for hydroxylation is 1. The lowest BCUT2D eigenvalue weighted by atomic mass is 10.1. The van der Waals surface area contributed by atoms with Crippen molar-refractivity contribution >= 4 is 11.9 Å². The van der Waals surface area contributed by atoms with Gasteiger partial charge in [0.25, 0.3) is 0 Å². The summed E-state index contributed by atoms with van der Waals surface area (Å²) in [5.74, 6) is 0.158. The second-order valence-corrected chi connectivity index (χ2v) is 3.89. The number of rotatable bonds is 7. The molecule has 5 heteroatoms. The number of carbonyl (C=O) groups excluding carboxylic acids is 2. The average Bonchev–Trinajstić information content (AvgIpc) is 2.44. The van der Waals surface area contributed by atoms with Crippen LogP contribution < -0.4 is 10.1 Å². The smallest absolute Gasteiger partial charge is 0.325 e. The summed E-state index contributed by atoms with van der Waals surface area (Å²) in [5.41, 5.74) is 0.984. The topological polar surface area (TPSA) is 64.6 Å². The van der Waals surface area contributed by atoms with E-state index in [0.717, 1.165) is 11.3 Å². The van der Waals surface area contributed by atoms with E-state index in [0.29, 0.717) is 19.4 Å². The first-order valence-corrected chi connectivity index (χ1v) is 6.21. The summed E-state index contributed by atoms with van der Waals surface area (Å²) >= 11 is 0. The van der Waals surface area contributed by atoms with E-state index in [4.69, 9.17) is 4.74 Å². The Morgan fingerprint density at radius 1 is 1.26 bits per heavy atom. The minimum atomic E-state index is -0.455. The first-order valence-electron chi connectivity index (χ1n) is 6.21. The Kier molecular flexibility index (Phi) is 6.43. The Hall–Kier alpha value is -2.04. The van der Waals surface area contributed by atoms with Crippen molar-refractivity contribution in [1.29, 1.82) is 0 Å². The van der Waals surface area contributed by atoms with Gasteiger partial charge in [-0.25, -0.2) is 0 Å². The lowest BCUT2D eigenvalue weighted by molar-refractivity contribution is -0.141. The van der Waals surface area contributed by atoms with Crippen molar-refractivity contribution in [2.75, 3.05) is 20.3 Å². The first kappa shape index (κ1) is 15.0. The van der Waals surface area contributed by atoms with Crippen LogP contribution in [-0.2, 0) is 20.7 Å². The van der Waals surface area contributed by atoms with E-state index in [2.05, 4.69) is 10.1 Å². The van der Waals surface area contributed by atoms with Crippen molar-refractivity contribution < 1.29 is 19.1 Å². The molecule has 1 aromatic carbocycles. The molecule has 0 saturated carbocycles. The molecule has 0 heterocycles. The van der Waals surface area contributed by atoms with E-state index < -0.39 is 5.97 Å². The van der Waals surface area contributed by atoms with Gasteiger partial charge in [0.1, 0.15) is 12.3 Å². The number of hydrogen-bond acceptors (Lipinski definition) is 4. The fraction of sp³-hybridized carbons (Fsp3) is 0.429. The summed E-state index contributed by atoms with van der Waals surface area (Å²) in [6, 6.07) is 7.61. The number of para-hydroxylation sites is 1. The van der Waals surface area contributed by atoms with Crippen molar-refractivity contribution in [2.24, 2.45) is 0 Å². The maximum absolute atomic E-state index is 11.5. The normalized spacial score (nSPS) is 9.79. The Morgan fingerprint density at radius 2 is 2.00 bits per heavy atom. The van der Waals surface area contributed by atoms with Crippen LogP contribution in [0.1, 0.15) is 18.9 Å². The maximum atomic E-state index is 11.5. The van der Waals surface area contributed by atoms with Gasteiger partial charge in [0, 0.05) is 6.42 Å². The summed E-state index contributed by atoms with van der Waals surface area (Å²) in [4.78, 5) is 22.4. The highest BCUT2D eigenvalue weighted by molar-refractivity contribution is 5.81. The van der Waals surface area contributed by atoms with Gasteiger partial charge in [-0.15, -0.1) is 0 Å². The predicted octanol–water partition coefficient (Wildman–Crippen LogP) is 1.31. The molecule has 5 nitrogen and oxygen atoms in total. The maximum Gasteiger partial charge on any atom is 0.325 e. The third kappa shape index (κ3) is 5.42. The number of nitrogens with one attached hydrogen (secondary N) is 1. The van der Waals surface area contributed by atoms with Crippen LogP contribution in [0.25, 0.3) is 0 Å². The second-order valence-electron chi connectivity index (χ2n) is 3.89. The molecular formula is C14H19NO4.